The number of hydrogen-bond donors (Lipinski definition) is 1. The van der Waals surface area contributed by atoms with E-state index >= 15 is 0 Å². The van der Waals surface area contributed by atoms with Crippen LogP contribution >= 0.6 is 0 Å². The molecule has 2 aromatic rings. The van der Waals surface area contributed by atoms with Gasteiger partial charge in [-0.1, -0.05) is 12.1 Å². The monoisotopic (exact) mass is 332 g/mol. The molecule has 0 amide bonds. The van der Waals surface area contributed by atoms with Crippen molar-refractivity contribution < 1.29 is 24.1 Å². The summed E-state index contributed by atoms with van der Waals surface area (Å²) in [5.74, 6) is -0.210. The Morgan fingerprint density at radius 3 is 2.79 bits per heavy atom. The number of benzene rings is 1. The zero-order valence-corrected chi connectivity index (χ0v) is 13.5. The van der Waals surface area contributed by atoms with E-state index in [0.717, 1.165) is 30.6 Å². The van der Waals surface area contributed by atoms with Gasteiger partial charge in [-0.15, -0.1) is 5.10 Å². The minimum Gasteiger partial charge on any atom is -0.497 e. The van der Waals surface area contributed by atoms with E-state index in [4.69, 9.17) is 14.2 Å². The van der Waals surface area contributed by atoms with Crippen molar-refractivity contribution >= 4 is 5.97 Å². The number of rotatable bonds is 6. The molecule has 24 heavy (non-hydrogen) atoms. The highest BCUT2D eigenvalue weighted by Gasteiger charge is 2.23. The number of aromatic nitrogens is 2. The smallest absolute Gasteiger partial charge is 0.342 e. The number of carboxylic acid groups (broad SMARTS) is 1. The van der Waals surface area contributed by atoms with Gasteiger partial charge in [0.2, 0.25) is 5.88 Å². The van der Waals surface area contributed by atoms with Crippen molar-refractivity contribution in [2.45, 2.75) is 32.1 Å². The maximum absolute atomic E-state index is 11.4. The van der Waals surface area contributed by atoms with Gasteiger partial charge < -0.3 is 19.3 Å². The number of ether oxygens (including phenoxy) is 3. The molecule has 1 saturated heterocycles. The largest absolute Gasteiger partial charge is 0.497 e. The average Bonchev–Trinajstić information content (AvgIpc) is 3.06. The minimum absolute atomic E-state index is 0.0395. The van der Waals surface area contributed by atoms with E-state index in [0.29, 0.717) is 6.61 Å². The van der Waals surface area contributed by atoms with Gasteiger partial charge in [-0.3, -0.25) is 0 Å². The van der Waals surface area contributed by atoms with Gasteiger partial charge >= 0.3 is 5.97 Å². The van der Waals surface area contributed by atoms with Gasteiger partial charge in [-0.2, -0.15) is 0 Å². The highest BCUT2D eigenvalue weighted by atomic mass is 16.5. The number of aromatic carboxylic acids is 1. The Morgan fingerprint density at radius 2 is 2.17 bits per heavy atom. The minimum atomic E-state index is -1.07. The lowest BCUT2D eigenvalue weighted by Gasteiger charge is -2.22. The van der Waals surface area contributed by atoms with Gasteiger partial charge in [0.1, 0.15) is 24.1 Å². The number of carbonyl (C=O) groups is 1. The molecule has 0 aliphatic carbocycles. The summed E-state index contributed by atoms with van der Waals surface area (Å²) in [7, 11) is 1.60. The fourth-order valence-electron chi connectivity index (χ4n) is 2.58. The van der Waals surface area contributed by atoms with E-state index in [1.807, 2.05) is 24.3 Å². The average molecular weight is 332 g/mol. The lowest BCUT2D eigenvalue weighted by Crippen LogP contribution is -2.18. The summed E-state index contributed by atoms with van der Waals surface area (Å²) < 4.78 is 17.9. The van der Waals surface area contributed by atoms with E-state index in [1.54, 1.807) is 11.8 Å². The molecule has 0 spiro atoms. The van der Waals surface area contributed by atoms with Crippen LogP contribution in [0.5, 0.6) is 11.6 Å². The van der Waals surface area contributed by atoms with Crippen LogP contribution in [0.15, 0.2) is 30.5 Å². The Morgan fingerprint density at radius 1 is 1.38 bits per heavy atom. The standard InChI is InChI=1S/C17H20N2O5/c1-22-13-7-5-12(6-8-13)11-24-16-14(17(20)21)10-19(18-16)15-4-2-3-9-23-15/h5-8,10,15H,2-4,9,11H2,1H3,(H,20,21). The van der Waals surface area contributed by atoms with Crippen LogP contribution < -0.4 is 9.47 Å². The molecule has 1 unspecified atom stereocenters. The van der Waals surface area contributed by atoms with E-state index in [1.165, 1.54) is 6.20 Å². The molecule has 1 aliphatic heterocycles. The van der Waals surface area contributed by atoms with Crippen molar-refractivity contribution in [1.29, 1.82) is 0 Å². The van der Waals surface area contributed by atoms with E-state index in [9.17, 15) is 9.90 Å². The molecule has 1 atom stereocenters. The third-order valence-corrected chi connectivity index (χ3v) is 3.91. The van der Waals surface area contributed by atoms with Gasteiger partial charge in [0.05, 0.1) is 7.11 Å². The number of methoxy groups -OCH3 is 1. The lowest BCUT2D eigenvalue weighted by molar-refractivity contribution is -0.0400. The van der Waals surface area contributed by atoms with Gasteiger partial charge in [0, 0.05) is 12.8 Å². The summed E-state index contributed by atoms with van der Waals surface area (Å²) in [4.78, 5) is 11.4. The van der Waals surface area contributed by atoms with Crippen molar-refractivity contribution in [3.63, 3.8) is 0 Å². The summed E-state index contributed by atoms with van der Waals surface area (Å²) >= 11 is 0. The van der Waals surface area contributed by atoms with E-state index < -0.39 is 5.97 Å². The molecule has 1 aromatic heterocycles. The molecule has 1 aliphatic rings. The highest BCUT2D eigenvalue weighted by molar-refractivity contribution is 5.89. The van der Waals surface area contributed by atoms with Crippen LogP contribution in [0.1, 0.15) is 41.4 Å². The van der Waals surface area contributed by atoms with Crippen LogP contribution in [0, 0.1) is 0 Å². The van der Waals surface area contributed by atoms with Crippen LogP contribution in [-0.4, -0.2) is 34.6 Å². The normalized spacial score (nSPS) is 17.5. The number of carboxylic acids is 1. The summed E-state index contributed by atoms with van der Waals surface area (Å²) in [6.07, 6.45) is 4.12. The van der Waals surface area contributed by atoms with Crippen LogP contribution in [0.25, 0.3) is 0 Å². The topological polar surface area (TPSA) is 82.8 Å². The Kier molecular flexibility index (Phi) is 5.00. The molecule has 3 rings (SSSR count). The number of hydrogen-bond acceptors (Lipinski definition) is 5. The molecule has 7 nitrogen and oxygen atoms in total. The summed E-state index contributed by atoms with van der Waals surface area (Å²) in [6, 6.07) is 7.37. The van der Waals surface area contributed by atoms with Gasteiger partial charge in [0.15, 0.2) is 0 Å². The van der Waals surface area contributed by atoms with Gasteiger partial charge in [-0.25, -0.2) is 9.48 Å². The summed E-state index contributed by atoms with van der Waals surface area (Å²) in [5.41, 5.74) is 0.938. The van der Waals surface area contributed by atoms with Crippen LogP contribution in [0.2, 0.25) is 0 Å². The van der Waals surface area contributed by atoms with Crippen LogP contribution in [0.4, 0.5) is 0 Å². The van der Waals surface area contributed by atoms with Gasteiger partial charge in [0.25, 0.3) is 0 Å². The van der Waals surface area contributed by atoms with Gasteiger partial charge in [-0.05, 0) is 37.0 Å². The maximum atomic E-state index is 11.4. The predicted molar refractivity (Wildman–Crippen MR) is 85.4 cm³/mol. The van der Waals surface area contributed by atoms with Crippen molar-refractivity contribution in [3.05, 3.63) is 41.6 Å². The quantitative estimate of drug-likeness (QED) is 0.876. The van der Waals surface area contributed by atoms with Crippen molar-refractivity contribution in [3.8, 4) is 11.6 Å². The Labute approximate surface area is 139 Å². The highest BCUT2D eigenvalue weighted by Crippen LogP contribution is 2.26. The Bertz CT molecular complexity index is 690. The molecule has 2 heterocycles. The molecule has 1 N–H and O–H groups in total. The molecule has 7 heteroatoms. The lowest BCUT2D eigenvalue weighted by atomic mass is 10.2. The van der Waals surface area contributed by atoms with Crippen molar-refractivity contribution in [2.24, 2.45) is 0 Å². The molecule has 1 aromatic carbocycles. The first-order chi connectivity index (χ1) is 11.7. The summed E-state index contributed by atoms with van der Waals surface area (Å²) in [5, 5.41) is 13.6. The molecule has 1 fully saturated rings. The zero-order chi connectivity index (χ0) is 16.9. The predicted octanol–water partition coefficient (Wildman–Crippen LogP) is 2.87. The summed E-state index contributed by atoms with van der Waals surface area (Å²) in [6.45, 7) is 0.891. The van der Waals surface area contributed by atoms with Crippen molar-refractivity contribution in [2.75, 3.05) is 13.7 Å². The van der Waals surface area contributed by atoms with E-state index in [2.05, 4.69) is 5.10 Å². The first kappa shape index (κ1) is 16.3. The molecular weight excluding hydrogens is 312 g/mol. The first-order valence-electron chi connectivity index (χ1n) is 7.87. The van der Waals surface area contributed by atoms with E-state index in [-0.39, 0.29) is 24.3 Å². The third kappa shape index (κ3) is 3.68. The fraction of sp³-hybridized carbons (Fsp3) is 0.412. The zero-order valence-electron chi connectivity index (χ0n) is 13.5. The van der Waals surface area contributed by atoms with Crippen LogP contribution in [0.3, 0.4) is 0 Å². The molecule has 0 bridgehead atoms. The second kappa shape index (κ2) is 7.35. The SMILES string of the molecule is COc1ccc(COc2nn(C3CCCCO3)cc2C(=O)O)cc1. The number of nitrogens with zero attached hydrogens (tertiary/aromatic N) is 2. The maximum Gasteiger partial charge on any atom is 0.342 e. The first-order valence-corrected chi connectivity index (χ1v) is 7.87. The van der Waals surface area contributed by atoms with Crippen molar-refractivity contribution in [1.82, 2.24) is 9.78 Å². The second-order valence-electron chi connectivity index (χ2n) is 5.59. The fourth-order valence-corrected chi connectivity index (χ4v) is 2.58. The third-order valence-electron chi connectivity index (χ3n) is 3.91. The van der Waals surface area contributed by atoms with Crippen LogP contribution in [-0.2, 0) is 11.3 Å². The second-order valence-corrected chi connectivity index (χ2v) is 5.59. The molecule has 0 radical (unpaired) electrons. The molecule has 0 saturated carbocycles. The molecule has 128 valence electrons. The Balaban J connectivity index is 1.73. The molecular formula is C17H20N2O5. The Hall–Kier alpha value is -2.54.